The summed E-state index contributed by atoms with van der Waals surface area (Å²) in [6, 6.07) is 6.94. The fraction of sp³-hybridized carbons (Fsp3) is 0.346. The number of aryl methyl sites for hydroxylation is 1. The maximum Gasteiger partial charge on any atom is 0.491 e. The molecule has 4 heterocycles. The van der Waals surface area contributed by atoms with Crippen LogP contribution in [0.5, 0.6) is 0 Å². The highest BCUT2D eigenvalue weighted by molar-refractivity contribution is 5.99. The minimum absolute atomic E-state index is 0.0397. The van der Waals surface area contributed by atoms with Gasteiger partial charge in [-0.3, -0.25) is 18.7 Å². The van der Waals surface area contributed by atoms with Crippen molar-refractivity contribution in [2.75, 3.05) is 24.5 Å². The molecule has 3 aromatic rings. The summed E-state index contributed by atoms with van der Waals surface area (Å²) in [4.78, 5) is 59.0. The largest absolute Gasteiger partial charge is 0.491 e. The van der Waals surface area contributed by atoms with E-state index in [1.807, 2.05) is 4.90 Å². The second kappa shape index (κ2) is 10.2. The van der Waals surface area contributed by atoms with Gasteiger partial charge in [-0.2, -0.15) is 18.2 Å². The molecular formula is C26H23F3N6O5. The summed E-state index contributed by atoms with van der Waals surface area (Å²) in [5.74, 6) is 1.98. The van der Waals surface area contributed by atoms with E-state index in [1.54, 1.807) is 13.0 Å². The molecule has 0 spiro atoms. The molecule has 14 heteroatoms. The fourth-order valence-corrected chi connectivity index (χ4v) is 4.86. The molecule has 40 heavy (non-hydrogen) atoms. The third-order valence-electron chi connectivity index (χ3n) is 6.79. The Morgan fingerprint density at radius 1 is 1.18 bits per heavy atom. The van der Waals surface area contributed by atoms with E-state index in [-0.39, 0.29) is 27.8 Å². The number of ketones is 1. The quantitative estimate of drug-likeness (QED) is 0.276. The van der Waals surface area contributed by atoms with Crippen LogP contribution in [0.25, 0.3) is 11.2 Å². The number of carbonyl (C=O) groups excluding carboxylic acids is 2. The van der Waals surface area contributed by atoms with E-state index in [0.29, 0.717) is 25.6 Å². The second-order valence-corrected chi connectivity index (χ2v) is 9.15. The van der Waals surface area contributed by atoms with Crippen LogP contribution in [0.15, 0.2) is 51.2 Å². The number of anilines is 1. The summed E-state index contributed by atoms with van der Waals surface area (Å²) in [5, 5.41) is 3.26. The summed E-state index contributed by atoms with van der Waals surface area (Å²) in [5.41, 5.74) is -0.615. The molecule has 1 unspecified atom stereocenters. The molecule has 0 bridgehead atoms. The first-order chi connectivity index (χ1) is 19.0. The third-order valence-corrected chi connectivity index (χ3v) is 6.79. The highest BCUT2D eigenvalue weighted by Gasteiger charge is 2.45. The monoisotopic (exact) mass is 556 g/mol. The molecule has 2 aliphatic rings. The average Bonchev–Trinajstić information content (AvgIpc) is 3.64. The van der Waals surface area contributed by atoms with E-state index in [0.717, 1.165) is 16.7 Å². The summed E-state index contributed by atoms with van der Waals surface area (Å²) < 4.78 is 46.8. The number of hydrogen-bond acceptors (Lipinski definition) is 8. The number of fused-ring (bicyclic) bond motifs is 1. The van der Waals surface area contributed by atoms with E-state index in [2.05, 4.69) is 26.9 Å². The van der Waals surface area contributed by atoms with E-state index in [1.165, 1.54) is 41.5 Å². The molecule has 0 fully saturated rings. The van der Waals surface area contributed by atoms with Crippen LogP contribution in [0.2, 0.25) is 0 Å². The number of imidazole rings is 1. The number of rotatable bonds is 6. The lowest BCUT2D eigenvalue weighted by Crippen LogP contribution is -2.46. The standard InChI is InChI=1S/C26H23F3N6O5/c1-3-4-11-34-18-20(31-24(34)33-12-10-16-13-30-14-17(16)33)32(2)25(39)35(21(18)37)22(40-23(38)26(27,28)29)19(36)15-8-6-5-7-9-15/h5-9,22,30H,10-14H2,1-2H3. The van der Waals surface area contributed by atoms with Crippen LogP contribution in [0, 0.1) is 11.8 Å². The molecule has 11 nitrogen and oxygen atoms in total. The van der Waals surface area contributed by atoms with Gasteiger partial charge in [0.05, 0.1) is 6.54 Å². The van der Waals surface area contributed by atoms with Crippen LogP contribution < -0.4 is 21.5 Å². The van der Waals surface area contributed by atoms with E-state index in [4.69, 9.17) is 0 Å². The first-order valence-electron chi connectivity index (χ1n) is 12.2. The van der Waals surface area contributed by atoms with Gasteiger partial charge < -0.3 is 15.0 Å². The van der Waals surface area contributed by atoms with Crippen molar-refractivity contribution < 1.29 is 27.5 Å². The molecule has 0 saturated carbocycles. The van der Waals surface area contributed by atoms with Crippen molar-refractivity contribution >= 4 is 28.9 Å². The molecule has 5 rings (SSSR count). The zero-order valence-corrected chi connectivity index (χ0v) is 21.4. The number of nitrogens with zero attached hydrogens (tertiary/aromatic N) is 5. The van der Waals surface area contributed by atoms with Crippen molar-refractivity contribution in [1.29, 1.82) is 0 Å². The predicted molar refractivity (Wildman–Crippen MR) is 136 cm³/mol. The van der Waals surface area contributed by atoms with Crippen LogP contribution in [0.4, 0.5) is 19.1 Å². The summed E-state index contributed by atoms with van der Waals surface area (Å²) in [7, 11) is 1.26. The molecule has 0 aliphatic carbocycles. The van der Waals surface area contributed by atoms with Crippen LogP contribution in [0.3, 0.4) is 0 Å². The number of hydrogen-bond donors (Lipinski definition) is 1. The van der Waals surface area contributed by atoms with Crippen molar-refractivity contribution in [3.05, 3.63) is 68.0 Å². The number of Topliss-reactive ketones (excluding diaryl/α,β-unsaturated/α-hetero) is 1. The van der Waals surface area contributed by atoms with Gasteiger partial charge in [-0.05, 0) is 18.9 Å². The molecule has 0 radical (unpaired) electrons. The maximum absolute atomic E-state index is 13.9. The SMILES string of the molecule is CC#CCn1c(N2CCC3=C2CNC3)nc2c1c(=O)n(C(OC(=O)C(F)(F)F)C(=O)c1ccccc1)c(=O)n2C. The Balaban J connectivity index is 1.76. The van der Waals surface area contributed by atoms with Crippen molar-refractivity contribution in [3.8, 4) is 11.8 Å². The van der Waals surface area contributed by atoms with E-state index in [9.17, 15) is 32.3 Å². The van der Waals surface area contributed by atoms with Crippen LogP contribution in [-0.2, 0) is 23.1 Å². The Kier molecular flexibility index (Phi) is 6.84. The topological polar surface area (TPSA) is 120 Å². The molecule has 2 aromatic heterocycles. The Labute approximate surface area is 224 Å². The third kappa shape index (κ3) is 4.47. The molecular weight excluding hydrogens is 533 g/mol. The number of esters is 1. The van der Waals surface area contributed by atoms with Gasteiger partial charge in [-0.25, -0.2) is 14.2 Å². The van der Waals surface area contributed by atoms with Gasteiger partial charge in [0.25, 0.3) is 5.56 Å². The highest BCUT2D eigenvalue weighted by Crippen LogP contribution is 2.32. The summed E-state index contributed by atoms with van der Waals surface area (Å²) in [6.45, 7) is 3.40. The number of halogens is 3. The Bertz CT molecular complexity index is 1740. The first kappa shape index (κ1) is 26.9. The van der Waals surface area contributed by atoms with E-state index < -0.39 is 35.4 Å². The molecule has 1 atom stereocenters. The zero-order chi connectivity index (χ0) is 28.8. The molecule has 0 amide bonds. The molecule has 208 valence electrons. The Hall–Kier alpha value is -4.64. The molecule has 0 saturated heterocycles. The average molecular weight is 557 g/mol. The lowest BCUT2D eigenvalue weighted by atomic mass is 10.1. The zero-order valence-electron chi connectivity index (χ0n) is 21.4. The minimum Gasteiger partial charge on any atom is -0.426 e. The van der Waals surface area contributed by atoms with Crippen LogP contribution in [0.1, 0.15) is 29.9 Å². The number of benzene rings is 1. The van der Waals surface area contributed by atoms with Gasteiger partial charge in [0.1, 0.15) is 0 Å². The lowest BCUT2D eigenvalue weighted by molar-refractivity contribution is -0.206. The number of aromatic nitrogens is 4. The van der Waals surface area contributed by atoms with Crippen molar-refractivity contribution in [3.63, 3.8) is 0 Å². The van der Waals surface area contributed by atoms with Gasteiger partial charge in [0.15, 0.2) is 11.2 Å². The van der Waals surface area contributed by atoms with Crippen molar-refractivity contribution in [2.24, 2.45) is 7.05 Å². The normalized spacial score (nSPS) is 15.7. The molecule has 1 aromatic carbocycles. The number of carbonyl (C=O) groups is 2. The summed E-state index contributed by atoms with van der Waals surface area (Å²) in [6.07, 6.45) is -7.26. The summed E-state index contributed by atoms with van der Waals surface area (Å²) >= 11 is 0. The lowest BCUT2D eigenvalue weighted by Gasteiger charge is -2.21. The first-order valence-corrected chi connectivity index (χ1v) is 12.2. The Morgan fingerprint density at radius 3 is 2.58 bits per heavy atom. The van der Waals surface area contributed by atoms with Gasteiger partial charge in [-0.15, -0.1) is 5.92 Å². The smallest absolute Gasteiger partial charge is 0.426 e. The van der Waals surface area contributed by atoms with Gasteiger partial charge in [0.2, 0.25) is 18.0 Å². The van der Waals surface area contributed by atoms with Gasteiger partial charge >= 0.3 is 17.8 Å². The maximum atomic E-state index is 13.9. The second-order valence-electron chi connectivity index (χ2n) is 9.15. The Morgan fingerprint density at radius 2 is 1.90 bits per heavy atom. The van der Waals surface area contributed by atoms with Crippen LogP contribution >= 0.6 is 0 Å². The number of nitrogens with one attached hydrogen (secondary N) is 1. The highest BCUT2D eigenvalue weighted by atomic mass is 19.4. The van der Waals surface area contributed by atoms with Crippen molar-refractivity contribution in [1.82, 2.24) is 24.0 Å². The number of alkyl halides is 3. The van der Waals surface area contributed by atoms with Gasteiger partial charge in [-0.1, -0.05) is 36.3 Å². The minimum atomic E-state index is -5.49. The van der Waals surface area contributed by atoms with Gasteiger partial charge in [0, 0.05) is 37.9 Å². The number of ether oxygens (including phenoxy) is 1. The van der Waals surface area contributed by atoms with Crippen molar-refractivity contribution in [2.45, 2.75) is 32.3 Å². The predicted octanol–water partition coefficient (Wildman–Crippen LogP) is 1.47. The van der Waals surface area contributed by atoms with Crippen LogP contribution in [-0.4, -0.2) is 56.2 Å². The molecule has 2 aliphatic heterocycles. The molecule has 1 N–H and O–H groups in total. The van der Waals surface area contributed by atoms with E-state index >= 15 is 0 Å². The fourth-order valence-electron chi connectivity index (χ4n) is 4.86.